The fraction of sp³-hybridized carbons (Fsp3) is 0.0500. The normalized spacial score (nSPS) is 11.2. The van der Waals surface area contributed by atoms with E-state index in [1.807, 2.05) is 66.7 Å². The lowest BCUT2D eigenvalue weighted by Gasteiger charge is -2.07. The van der Waals surface area contributed by atoms with E-state index in [0.29, 0.717) is 10.7 Å². The number of hydrogen-bond donors (Lipinski definition) is 1. The molecule has 3 aromatic rings. The van der Waals surface area contributed by atoms with Crippen molar-refractivity contribution in [2.45, 2.75) is 4.34 Å². The molecule has 0 spiro atoms. The van der Waals surface area contributed by atoms with Crippen LogP contribution < -0.4 is 5.32 Å². The molecule has 1 aromatic heterocycles. The second kappa shape index (κ2) is 9.12. The molecule has 0 radical (unpaired) electrons. The number of rotatable bonds is 7. The molecule has 0 unspecified atom stereocenters. The molecular weight excluding hydrogens is 362 g/mol. The highest BCUT2D eigenvalue weighted by Crippen LogP contribution is 2.27. The van der Waals surface area contributed by atoms with Crippen molar-refractivity contribution in [3.63, 3.8) is 0 Å². The van der Waals surface area contributed by atoms with Crippen molar-refractivity contribution in [3.05, 3.63) is 84.4 Å². The average molecular weight is 380 g/mol. The Bertz CT molecular complexity index is 905. The van der Waals surface area contributed by atoms with Gasteiger partial charge in [0.1, 0.15) is 0 Å². The Morgan fingerprint density at radius 2 is 1.77 bits per heavy atom. The van der Waals surface area contributed by atoms with Crippen molar-refractivity contribution in [3.8, 4) is 0 Å². The first-order chi connectivity index (χ1) is 12.8. The van der Waals surface area contributed by atoms with Gasteiger partial charge < -0.3 is 0 Å². The van der Waals surface area contributed by atoms with E-state index in [0.717, 1.165) is 21.2 Å². The third kappa shape index (κ3) is 4.91. The maximum Gasteiger partial charge on any atom is 0.258 e. The standard InChI is InChI=1S/C20H17N3OS2/c1-2-13-25-20-23-22-19(26-20)21-18(24)17(16-11-7-4-8-12-16)14-15-9-5-3-6-10-15/h2-12,14H,1,13H2,(H,21,22,24)/b17-14+. The summed E-state index contributed by atoms with van der Waals surface area (Å²) in [4.78, 5) is 12.9. The number of carbonyl (C=O) groups is 1. The van der Waals surface area contributed by atoms with Crippen molar-refractivity contribution in [1.29, 1.82) is 0 Å². The summed E-state index contributed by atoms with van der Waals surface area (Å²) in [6.07, 6.45) is 3.68. The largest absolute Gasteiger partial charge is 0.296 e. The molecular formula is C20H17N3OS2. The van der Waals surface area contributed by atoms with Crippen molar-refractivity contribution in [2.75, 3.05) is 11.1 Å². The molecule has 0 saturated carbocycles. The third-order valence-electron chi connectivity index (χ3n) is 3.39. The van der Waals surface area contributed by atoms with E-state index < -0.39 is 0 Å². The van der Waals surface area contributed by atoms with Crippen LogP contribution in [0.4, 0.5) is 5.13 Å². The van der Waals surface area contributed by atoms with Crippen LogP contribution in [-0.2, 0) is 4.79 Å². The minimum atomic E-state index is -0.212. The number of amides is 1. The lowest BCUT2D eigenvalue weighted by Crippen LogP contribution is -2.13. The number of aromatic nitrogens is 2. The molecule has 130 valence electrons. The van der Waals surface area contributed by atoms with Gasteiger partial charge in [0.05, 0.1) is 0 Å². The molecule has 0 atom stereocenters. The number of nitrogens with zero attached hydrogens (tertiary/aromatic N) is 2. The fourth-order valence-corrected chi connectivity index (χ4v) is 3.73. The van der Waals surface area contributed by atoms with Gasteiger partial charge in [-0.3, -0.25) is 10.1 Å². The SMILES string of the molecule is C=CCSc1nnc(NC(=O)/C(=C/c2ccccc2)c2ccccc2)s1. The van der Waals surface area contributed by atoms with Gasteiger partial charge in [-0.15, -0.1) is 16.8 Å². The summed E-state index contributed by atoms with van der Waals surface area (Å²) in [6.45, 7) is 3.69. The van der Waals surface area contributed by atoms with Crippen LogP contribution in [-0.4, -0.2) is 21.9 Å². The summed E-state index contributed by atoms with van der Waals surface area (Å²) in [5.74, 6) is 0.544. The zero-order valence-corrected chi connectivity index (χ0v) is 15.6. The Morgan fingerprint density at radius 1 is 1.08 bits per heavy atom. The number of benzene rings is 2. The van der Waals surface area contributed by atoms with E-state index in [2.05, 4.69) is 22.1 Å². The molecule has 0 fully saturated rings. The molecule has 1 N–H and O–H groups in total. The Kier molecular flexibility index (Phi) is 6.35. The van der Waals surface area contributed by atoms with Gasteiger partial charge in [-0.2, -0.15) is 0 Å². The van der Waals surface area contributed by atoms with E-state index in [4.69, 9.17) is 0 Å². The molecule has 0 aliphatic carbocycles. The predicted molar refractivity (Wildman–Crippen MR) is 110 cm³/mol. The van der Waals surface area contributed by atoms with Crippen LogP contribution in [0.2, 0.25) is 0 Å². The molecule has 0 aliphatic heterocycles. The monoisotopic (exact) mass is 379 g/mol. The zero-order valence-electron chi connectivity index (χ0n) is 14.0. The Morgan fingerprint density at radius 3 is 2.46 bits per heavy atom. The maximum absolute atomic E-state index is 12.9. The van der Waals surface area contributed by atoms with Gasteiger partial charge in [-0.25, -0.2) is 0 Å². The van der Waals surface area contributed by atoms with Crippen molar-refractivity contribution < 1.29 is 4.79 Å². The molecule has 1 heterocycles. The minimum absolute atomic E-state index is 0.212. The number of thioether (sulfide) groups is 1. The summed E-state index contributed by atoms with van der Waals surface area (Å²) >= 11 is 2.89. The van der Waals surface area contributed by atoms with E-state index in [-0.39, 0.29) is 5.91 Å². The maximum atomic E-state index is 12.9. The van der Waals surface area contributed by atoms with Gasteiger partial charge in [0.2, 0.25) is 5.13 Å². The van der Waals surface area contributed by atoms with Crippen LogP contribution in [0, 0.1) is 0 Å². The highest BCUT2D eigenvalue weighted by Gasteiger charge is 2.15. The Labute approximate surface area is 160 Å². The van der Waals surface area contributed by atoms with Crippen molar-refractivity contribution >= 4 is 45.8 Å². The Hall–Kier alpha value is -2.70. The van der Waals surface area contributed by atoms with Crippen LogP contribution in [0.15, 0.2) is 77.7 Å². The van der Waals surface area contributed by atoms with Gasteiger partial charge in [-0.05, 0) is 17.2 Å². The molecule has 1 amide bonds. The fourth-order valence-electron chi connectivity index (χ4n) is 2.23. The molecule has 3 rings (SSSR count). The average Bonchev–Trinajstić information content (AvgIpc) is 3.13. The third-order valence-corrected chi connectivity index (χ3v) is 5.36. The smallest absolute Gasteiger partial charge is 0.258 e. The number of anilines is 1. The number of nitrogens with one attached hydrogen (secondary N) is 1. The first-order valence-corrected chi connectivity index (χ1v) is 9.77. The highest BCUT2D eigenvalue weighted by atomic mass is 32.2. The quantitative estimate of drug-likeness (QED) is 0.206. The molecule has 0 saturated heterocycles. The molecule has 4 nitrogen and oxygen atoms in total. The van der Waals surface area contributed by atoms with Crippen LogP contribution in [0.25, 0.3) is 11.6 Å². The lowest BCUT2D eigenvalue weighted by atomic mass is 10.0. The van der Waals surface area contributed by atoms with Gasteiger partial charge in [-0.1, -0.05) is 89.8 Å². The number of carbonyl (C=O) groups excluding carboxylic acids is 1. The molecule has 0 aliphatic rings. The summed E-state index contributed by atoms with van der Waals surface area (Å²) in [5, 5.41) is 11.5. The molecule has 0 bridgehead atoms. The molecule has 26 heavy (non-hydrogen) atoms. The second-order valence-electron chi connectivity index (χ2n) is 5.26. The Balaban J connectivity index is 1.85. The predicted octanol–water partition coefficient (Wildman–Crippen LogP) is 5.00. The summed E-state index contributed by atoms with van der Waals surface area (Å²) in [5.41, 5.74) is 2.38. The molecule has 6 heteroatoms. The van der Waals surface area contributed by atoms with Crippen molar-refractivity contribution in [2.24, 2.45) is 0 Å². The summed E-state index contributed by atoms with van der Waals surface area (Å²) in [6, 6.07) is 19.3. The van der Waals surface area contributed by atoms with E-state index in [1.165, 1.54) is 23.1 Å². The topological polar surface area (TPSA) is 54.9 Å². The molecule has 2 aromatic carbocycles. The van der Waals surface area contributed by atoms with Gasteiger partial charge in [0.25, 0.3) is 5.91 Å². The van der Waals surface area contributed by atoms with Gasteiger partial charge in [0, 0.05) is 11.3 Å². The first-order valence-electron chi connectivity index (χ1n) is 7.97. The lowest BCUT2D eigenvalue weighted by molar-refractivity contribution is -0.111. The van der Waals surface area contributed by atoms with Crippen LogP contribution in [0.5, 0.6) is 0 Å². The van der Waals surface area contributed by atoms with E-state index in [1.54, 1.807) is 6.08 Å². The van der Waals surface area contributed by atoms with Crippen molar-refractivity contribution in [1.82, 2.24) is 10.2 Å². The number of hydrogen-bond acceptors (Lipinski definition) is 5. The minimum Gasteiger partial charge on any atom is -0.296 e. The summed E-state index contributed by atoms with van der Waals surface area (Å²) < 4.78 is 0.800. The summed E-state index contributed by atoms with van der Waals surface area (Å²) in [7, 11) is 0. The van der Waals surface area contributed by atoms with Gasteiger partial charge >= 0.3 is 0 Å². The van der Waals surface area contributed by atoms with Crippen LogP contribution >= 0.6 is 23.1 Å². The second-order valence-corrected chi connectivity index (χ2v) is 7.51. The van der Waals surface area contributed by atoms with Gasteiger partial charge in [0.15, 0.2) is 4.34 Å². The van der Waals surface area contributed by atoms with Crippen LogP contribution in [0.3, 0.4) is 0 Å². The van der Waals surface area contributed by atoms with E-state index >= 15 is 0 Å². The zero-order chi connectivity index (χ0) is 18.2. The highest BCUT2D eigenvalue weighted by molar-refractivity contribution is 8.01. The van der Waals surface area contributed by atoms with E-state index in [9.17, 15) is 4.79 Å². The van der Waals surface area contributed by atoms with Crippen LogP contribution in [0.1, 0.15) is 11.1 Å². The first kappa shape index (κ1) is 18.1.